The standard InChI is InChI=1S/C33H46N3O9P.C2HF3O2/c1-16-18-13-12-17(15-35-19(37)11-9-7-5-4-6-8-10-14-46)26(38)21(18)27(39)22-20(16)28(40)24-25(36(2)3)29(41)23(32(34)44)31(43)33(24,45)30(22)42;3-2(4,5)1(6)7/h12-13,16,20,24-25,28,38,40-42,45H,4-11,14-15,46H2,1-3H3,(H2,34,44)(H,35,37);(H,6,7)/t16-,20+,24+,25-,28-,33-;/m0./s1. The summed E-state index contributed by atoms with van der Waals surface area (Å²) in [7, 11) is 5.70. The second-order valence-electron chi connectivity index (χ2n) is 13.7. The quantitative estimate of drug-likeness (QED) is 0.0819. The molecule has 2 amide bonds. The fourth-order valence-corrected chi connectivity index (χ4v) is 7.69. The summed E-state index contributed by atoms with van der Waals surface area (Å²) < 4.78 is 31.7. The Morgan fingerprint density at radius 1 is 1.00 bits per heavy atom. The van der Waals surface area contributed by atoms with Gasteiger partial charge in [0.1, 0.15) is 22.8 Å². The number of benzene rings is 1. The number of ketones is 2. The van der Waals surface area contributed by atoms with E-state index in [-0.39, 0.29) is 23.6 Å². The van der Waals surface area contributed by atoms with Crippen molar-refractivity contribution in [2.45, 2.75) is 94.7 Å². The van der Waals surface area contributed by atoms with Crippen LogP contribution in [-0.4, -0.2) is 109 Å². The number of primary amides is 1. The molecule has 18 heteroatoms. The maximum absolute atomic E-state index is 14.0. The van der Waals surface area contributed by atoms with Gasteiger partial charge in [0.05, 0.1) is 23.6 Å². The zero-order valence-electron chi connectivity index (χ0n) is 29.6. The number of carboxylic acid groups (broad SMARTS) is 1. The van der Waals surface area contributed by atoms with Gasteiger partial charge in [0, 0.05) is 30.0 Å². The Morgan fingerprint density at radius 3 is 2.06 bits per heavy atom. The van der Waals surface area contributed by atoms with Gasteiger partial charge in [-0.3, -0.25) is 24.1 Å². The normalized spacial score (nSPS) is 25.3. The maximum Gasteiger partial charge on any atom is 0.490 e. The molecule has 294 valence electrons. The van der Waals surface area contributed by atoms with Crippen molar-refractivity contribution in [2.75, 3.05) is 20.3 Å². The molecule has 0 spiro atoms. The fraction of sp³-hybridized carbons (Fsp3) is 0.571. The highest BCUT2D eigenvalue weighted by Crippen LogP contribution is 2.55. The summed E-state index contributed by atoms with van der Waals surface area (Å²) in [5.74, 6) is -12.3. The highest BCUT2D eigenvalue weighted by atomic mass is 31.0. The number of likely N-dealkylation sites (N-methyl/N-ethyl adjacent to an activating group) is 1. The van der Waals surface area contributed by atoms with Gasteiger partial charge in [-0.2, -0.15) is 13.2 Å². The lowest BCUT2D eigenvalue weighted by Crippen LogP contribution is -2.68. The van der Waals surface area contributed by atoms with Gasteiger partial charge in [0.2, 0.25) is 11.7 Å². The van der Waals surface area contributed by atoms with Crippen molar-refractivity contribution in [2.24, 2.45) is 17.6 Å². The van der Waals surface area contributed by atoms with Crippen LogP contribution in [0.1, 0.15) is 85.7 Å². The number of alkyl halides is 3. The molecule has 0 saturated heterocycles. The van der Waals surface area contributed by atoms with Crippen molar-refractivity contribution >= 4 is 38.6 Å². The molecule has 7 atom stereocenters. The van der Waals surface area contributed by atoms with Gasteiger partial charge >= 0.3 is 12.1 Å². The van der Waals surface area contributed by atoms with E-state index in [9.17, 15) is 57.9 Å². The lowest BCUT2D eigenvalue weighted by atomic mass is 9.55. The number of aliphatic carboxylic acids is 1. The second kappa shape index (κ2) is 17.4. The molecule has 1 aromatic rings. The number of amides is 2. The largest absolute Gasteiger partial charge is 0.510 e. The number of nitrogens with two attached hydrogens (primary N) is 1. The number of rotatable bonds is 13. The Kier molecular flexibility index (Phi) is 14.2. The van der Waals surface area contributed by atoms with Crippen LogP contribution in [0, 0.1) is 11.8 Å². The van der Waals surface area contributed by atoms with Crippen LogP contribution in [-0.2, 0) is 25.7 Å². The second-order valence-corrected chi connectivity index (χ2v) is 14.3. The SMILES string of the molecule is C[C@H]1c2ccc(CNC(=O)CCCCCCCCCP)c(O)c2C(=O)C2=C(O)[C@]3(O)C(=O)C(C(N)=O)=C(O)[C@@H](N(C)C)[C@@H]3[C@@H](O)[C@@H]21.O=C(O)C(F)(F)F. The number of nitrogens with zero attached hydrogens (tertiary/aromatic N) is 1. The van der Waals surface area contributed by atoms with Crippen LogP contribution in [0.4, 0.5) is 13.2 Å². The van der Waals surface area contributed by atoms with E-state index in [1.807, 2.05) is 0 Å². The van der Waals surface area contributed by atoms with E-state index in [0.717, 1.165) is 31.8 Å². The lowest BCUT2D eigenvalue weighted by Gasteiger charge is -2.53. The van der Waals surface area contributed by atoms with Crippen molar-refractivity contribution < 1.29 is 67.8 Å². The summed E-state index contributed by atoms with van der Waals surface area (Å²) >= 11 is 0. The zero-order valence-corrected chi connectivity index (χ0v) is 30.7. The van der Waals surface area contributed by atoms with Gasteiger partial charge < -0.3 is 41.7 Å². The highest BCUT2D eigenvalue weighted by Gasteiger charge is 2.67. The number of aliphatic hydroxyl groups excluding tert-OH is 3. The van der Waals surface area contributed by atoms with Gasteiger partial charge in [0.15, 0.2) is 11.4 Å². The third-order valence-corrected chi connectivity index (χ3v) is 10.4. The predicted octanol–water partition coefficient (Wildman–Crippen LogP) is 2.90. The molecular formula is C35H47F3N3O11P. The molecular weight excluding hydrogens is 726 g/mol. The molecule has 0 heterocycles. The Morgan fingerprint density at radius 2 is 1.55 bits per heavy atom. The molecule has 14 nitrogen and oxygen atoms in total. The zero-order chi connectivity index (χ0) is 40.2. The lowest BCUT2D eigenvalue weighted by molar-refractivity contribution is -0.192. The van der Waals surface area contributed by atoms with Gasteiger partial charge in [-0.1, -0.05) is 51.2 Å². The third-order valence-electron chi connectivity index (χ3n) is 10.0. The number of hydrogen-bond acceptors (Lipinski definition) is 11. The van der Waals surface area contributed by atoms with Crippen LogP contribution in [0.25, 0.3) is 0 Å². The van der Waals surface area contributed by atoms with Crippen molar-refractivity contribution in [3.8, 4) is 5.75 Å². The minimum Gasteiger partial charge on any atom is -0.510 e. The van der Waals surface area contributed by atoms with E-state index in [2.05, 4.69) is 14.6 Å². The molecule has 0 radical (unpaired) electrons. The molecule has 53 heavy (non-hydrogen) atoms. The Labute approximate surface area is 306 Å². The number of hydrogen-bond donors (Lipinski definition) is 8. The monoisotopic (exact) mass is 773 g/mol. The number of nitrogens with one attached hydrogen (secondary N) is 1. The van der Waals surface area contributed by atoms with E-state index >= 15 is 0 Å². The van der Waals surface area contributed by atoms with E-state index in [1.165, 1.54) is 38.3 Å². The van der Waals surface area contributed by atoms with Crippen LogP contribution in [0.5, 0.6) is 5.75 Å². The van der Waals surface area contributed by atoms with E-state index in [1.54, 1.807) is 19.1 Å². The first-order valence-electron chi connectivity index (χ1n) is 17.1. The summed E-state index contributed by atoms with van der Waals surface area (Å²) in [4.78, 5) is 62.5. The molecule has 3 aliphatic rings. The number of aromatic hydroxyl groups is 1. The number of phenolic OH excluding ortho intramolecular Hbond substituents is 1. The minimum atomic E-state index is -5.08. The minimum absolute atomic E-state index is 0.0627. The van der Waals surface area contributed by atoms with Gasteiger partial charge in [0.25, 0.3) is 5.91 Å². The Bertz CT molecular complexity index is 1680. The van der Waals surface area contributed by atoms with Crippen molar-refractivity contribution in [3.63, 3.8) is 0 Å². The van der Waals surface area contributed by atoms with E-state index in [4.69, 9.17) is 15.6 Å². The molecule has 9 N–H and O–H groups in total. The van der Waals surface area contributed by atoms with E-state index in [0.29, 0.717) is 12.0 Å². The van der Waals surface area contributed by atoms with Gasteiger partial charge in [-0.25, -0.2) is 4.79 Å². The first kappa shape index (κ1) is 43.4. The molecule has 0 bridgehead atoms. The predicted molar refractivity (Wildman–Crippen MR) is 187 cm³/mol. The summed E-state index contributed by atoms with van der Waals surface area (Å²) in [5.41, 5.74) is 1.39. The number of carbonyl (C=O) groups is 5. The smallest absolute Gasteiger partial charge is 0.490 e. The van der Waals surface area contributed by atoms with E-state index < -0.39 is 93.5 Å². The summed E-state index contributed by atoms with van der Waals surface area (Å²) in [5, 5.41) is 67.1. The first-order chi connectivity index (χ1) is 24.7. The number of fused-ring (bicyclic) bond motifs is 3. The van der Waals surface area contributed by atoms with Crippen LogP contribution < -0.4 is 11.1 Å². The number of phenols is 1. The molecule has 3 aliphatic carbocycles. The van der Waals surface area contributed by atoms with Crippen molar-refractivity contribution in [1.29, 1.82) is 0 Å². The van der Waals surface area contributed by atoms with Crippen molar-refractivity contribution in [1.82, 2.24) is 10.2 Å². The molecule has 0 fully saturated rings. The average Bonchev–Trinajstić information content (AvgIpc) is 3.06. The summed E-state index contributed by atoms with van der Waals surface area (Å²) in [6, 6.07) is 1.86. The fourth-order valence-electron chi connectivity index (χ4n) is 7.40. The first-order valence-corrected chi connectivity index (χ1v) is 17.9. The number of Topliss-reactive ketones (excluding diaryl/α,β-unsaturated/α-hetero) is 2. The summed E-state index contributed by atoms with van der Waals surface area (Å²) in [6.07, 6.45) is 2.18. The van der Waals surface area contributed by atoms with Crippen LogP contribution in [0.2, 0.25) is 0 Å². The Hall–Kier alpha value is -4.05. The van der Waals surface area contributed by atoms with Crippen molar-refractivity contribution in [3.05, 3.63) is 51.5 Å². The topological polar surface area (TPSA) is 248 Å². The molecule has 1 aromatic carbocycles. The number of aliphatic hydroxyl groups is 4. The third kappa shape index (κ3) is 8.69. The molecule has 0 aromatic heterocycles. The summed E-state index contributed by atoms with van der Waals surface area (Å²) in [6.45, 7) is 1.60. The number of halogens is 3. The van der Waals surface area contributed by atoms with Gasteiger partial charge in [-0.05, 0) is 44.6 Å². The number of unbranched alkanes of at least 4 members (excludes halogenated alkanes) is 6. The molecule has 4 rings (SSSR count). The number of carboxylic acids is 1. The average molecular weight is 774 g/mol. The van der Waals surface area contributed by atoms with Gasteiger partial charge in [-0.15, -0.1) is 9.24 Å². The molecule has 0 aliphatic heterocycles. The molecule has 0 saturated carbocycles. The van der Waals surface area contributed by atoms with Crippen LogP contribution in [0.15, 0.2) is 34.8 Å². The highest BCUT2D eigenvalue weighted by molar-refractivity contribution is 7.16. The number of carbonyl (C=O) groups excluding carboxylic acids is 4. The maximum atomic E-state index is 14.0. The van der Waals surface area contributed by atoms with Crippen LogP contribution >= 0.6 is 9.24 Å². The van der Waals surface area contributed by atoms with Crippen LogP contribution in [0.3, 0.4) is 0 Å². The molecule has 1 unspecified atom stereocenters. The Balaban J connectivity index is 0.000000980.